The Morgan fingerprint density at radius 2 is 1.81 bits per heavy atom. The fraction of sp³-hybridized carbons (Fsp3) is 0.200. The summed E-state index contributed by atoms with van der Waals surface area (Å²) >= 11 is 1.36. The number of carbonyl (C=O) groups is 2. The zero-order valence-electron chi connectivity index (χ0n) is 17.4. The van der Waals surface area contributed by atoms with Crippen LogP contribution in [0.5, 0.6) is 0 Å². The Bertz CT molecular complexity index is 1180. The van der Waals surface area contributed by atoms with E-state index in [-0.39, 0.29) is 11.8 Å². The third-order valence-electron chi connectivity index (χ3n) is 5.42. The molecule has 2 aromatic heterocycles. The molecule has 0 aliphatic rings. The van der Waals surface area contributed by atoms with E-state index in [9.17, 15) is 9.59 Å². The minimum Gasteiger partial charge on any atom is -0.361 e. The van der Waals surface area contributed by atoms with Crippen LogP contribution in [0.3, 0.4) is 0 Å². The molecular formula is C25H25N3O2S. The van der Waals surface area contributed by atoms with E-state index in [1.807, 2.05) is 54.0 Å². The molecule has 2 amide bonds. The maximum atomic E-state index is 13.1. The Hall–Kier alpha value is -3.38. The fourth-order valence-corrected chi connectivity index (χ4v) is 4.33. The van der Waals surface area contributed by atoms with E-state index in [0.717, 1.165) is 22.9 Å². The van der Waals surface area contributed by atoms with Gasteiger partial charge in [-0.15, -0.1) is 11.3 Å². The van der Waals surface area contributed by atoms with Crippen LogP contribution >= 0.6 is 11.3 Å². The quantitative estimate of drug-likeness (QED) is 0.390. The van der Waals surface area contributed by atoms with Crippen LogP contribution in [0.2, 0.25) is 0 Å². The van der Waals surface area contributed by atoms with Gasteiger partial charge in [0.05, 0.1) is 4.88 Å². The summed E-state index contributed by atoms with van der Waals surface area (Å²) < 4.78 is 0. The Labute approximate surface area is 185 Å². The van der Waals surface area contributed by atoms with Crippen LogP contribution in [0.25, 0.3) is 10.9 Å². The minimum atomic E-state index is -0.661. The zero-order chi connectivity index (χ0) is 21.6. The number of nitrogens with one attached hydrogen (secondary N) is 3. The van der Waals surface area contributed by atoms with Gasteiger partial charge in [0.25, 0.3) is 5.91 Å². The molecule has 31 heavy (non-hydrogen) atoms. The predicted octanol–water partition coefficient (Wildman–Crippen LogP) is 4.24. The number of aryl methyl sites for hydroxylation is 1. The third kappa shape index (κ3) is 5.03. The number of aromatic nitrogens is 1. The van der Waals surface area contributed by atoms with Gasteiger partial charge in [0, 0.05) is 30.1 Å². The first-order valence-corrected chi connectivity index (χ1v) is 11.2. The van der Waals surface area contributed by atoms with Crippen LogP contribution in [-0.2, 0) is 17.6 Å². The first-order valence-electron chi connectivity index (χ1n) is 10.3. The number of rotatable bonds is 8. The van der Waals surface area contributed by atoms with Crippen molar-refractivity contribution in [2.75, 3.05) is 6.54 Å². The molecule has 0 saturated carbocycles. The van der Waals surface area contributed by atoms with Crippen LogP contribution in [0.15, 0.2) is 72.2 Å². The lowest BCUT2D eigenvalue weighted by atomic mass is 10.0. The second-order valence-electron chi connectivity index (χ2n) is 7.53. The lowest BCUT2D eigenvalue weighted by Gasteiger charge is -2.18. The van der Waals surface area contributed by atoms with Gasteiger partial charge in [0.1, 0.15) is 6.04 Å². The number of para-hydroxylation sites is 1. The van der Waals surface area contributed by atoms with Crippen LogP contribution in [-0.4, -0.2) is 29.4 Å². The van der Waals surface area contributed by atoms with Crippen molar-refractivity contribution < 1.29 is 9.59 Å². The van der Waals surface area contributed by atoms with Gasteiger partial charge < -0.3 is 15.6 Å². The number of thiophene rings is 1. The monoisotopic (exact) mass is 431 g/mol. The van der Waals surface area contributed by atoms with Gasteiger partial charge in [-0.1, -0.05) is 48.5 Å². The second kappa shape index (κ2) is 9.62. The molecule has 158 valence electrons. The first-order chi connectivity index (χ1) is 15.1. The first kappa shape index (κ1) is 20.9. The lowest BCUT2D eigenvalue weighted by molar-refractivity contribution is -0.122. The van der Waals surface area contributed by atoms with Crippen molar-refractivity contribution in [3.63, 3.8) is 0 Å². The smallest absolute Gasteiger partial charge is 0.262 e. The molecule has 2 aromatic carbocycles. The van der Waals surface area contributed by atoms with Gasteiger partial charge in [-0.3, -0.25) is 9.59 Å². The molecule has 1 atom stereocenters. The number of H-pyrrole nitrogens is 1. The van der Waals surface area contributed by atoms with Gasteiger partial charge in [0.15, 0.2) is 0 Å². The second-order valence-corrected chi connectivity index (χ2v) is 8.48. The highest BCUT2D eigenvalue weighted by atomic mass is 32.1. The molecule has 0 fully saturated rings. The highest BCUT2D eigenvalue weighted by Crippen LogP contribution is 2.19. The molecule has 4 rings (SSSR count). The van der Waals surface area contributed by atoms with Crippen molar-refractivity contribution in [1.29, 1.82) is 0 Å². The van der Waals surface area contributed by atoms with Crippen LogP contribution in [0, 0.1) is 6.92 Å². The summed E-state index contributed by atoms with van der Waals surface area (Å²) in [5, 5.41) is 8.85. The number of carbonyl (C=O) groups excluding carboxylic acids is 2. The molecule has 4 aromatic rings. The summed E-state index contributed by atoms with van der Waals surface area (Å²) in [5.74, 6) is -0.405. The molecule has 0 aliphatic carbocycles. The molecule has 0 bridgehead atoms. The van der Waals surface area contributed by atoms with Crippen LogP contribution in [0.4, 0.5) is 0 Å². The van der Waals surface area contributed by atoms with E-state index in [4.69, 9.17) is 0 Å². The third-order valence-corrected chi connectivity index (χ3v) is 6.29. The highest BCUT2D eigenvalue weighted by molar-refractivity contribution is 7.12. The molecule has 3 N–H and O–H groups in total. The number of amides is 2. The van der Waals surface area contributed by atoms with E-state index in [2.05, 4.69) is 34.7 Å². The Morgan fingerprint density at radius 3 is 2.61 bits per heavy atom. The predicted molar refractivity (Wildman–Crippen MR) is 125 cm³/mol. The van der Waals surface area contributed by atoms with E-state index in [1.165, 1.54) is 22.5 Å². The number of fused-ring (bicyclic) bond motifs is 1. The normalized spacial score (nSPS) is 11.9. The molecule has 0 unspecified atom stereocenters. The molecule has 0 radical (unpaired) electrons. The van der Waals surface area contributed by atoms with Gasteiger partial charge in [-0.2, -0.15) is 0 Å². The summed E-state index contributed by atoms with van der Waals surface area (Å²) in [7, 11) is 0. The largest absolute Gasteiger partial charge is 0.361 e. The van der Waals surface area contributed by atoms with Gasteiger partial charge >= 0.3 is 0 Å². The van der Waals surface area contributed by atoms with E-state index in [0.29, 0.717) is 17.8 Å². The molecule has 0 saturated heterocycles. The summed E-state index contributed by atoms with van der Waals surface area (Å²) in [6, 6.07) is 19.1. The van der Waals surface area contributed by atoms with E-state index in [1.54, 1.807) is 6.07 Å². The van der Waals surface area contributed by atoms with Crippen molar-refractivity contribution in [3.05, 3.63) is 93.8 Å². The van der Waals surface area contributed by atoms with Crippen LogP contribution in [0.1, 0.15) is 26.4 Å². The maximum absolute atomic E-state index is 13.1. The molecule has 2 heterocycles. The van der Waals surface area contributed by atoms with Crippen molar-refractivity contribution in [2.24, 2.45) is 0 Å². The van der Waals surface area contributed by atoms with E-state index < -0.39 is 6.04 Å². The summed E-state index contributed by atoms with van der Waals surface area (Å²) in [4.78, 5) is 29.6. The van der Waals surface area contributed by atoms with Gasteiger partial charge in [0.2, 0.25) is 5.91 Å². The fourth-order valence-electron chi connectivity index (χ4n) is 3.70. The summed E-state index contributed by atoms with van der Waals surface area (Å²) in [6.07, 6.45) is 3.07. The standard InChI is InChI=1S/C25H25N3O2S/c1-17-7-2-3-8-18(17)12-13-26-24(29)22(28-25(30)23-11-6-14-31-23)15-19-16-27-21-10-5-4-9-20(19)21/h2-11,14,16,22,27H,12-13,15H2,1H3,(H,26,29)(H,28,30)/t22-/m0/s1. The molecule has 0 spiro atoms. The van der Waals surface area contributed by atoms with Crippen LogP contribution < -0.4 is 10.6 Å². The number of hydrogen-bond donors (Lipinski definition) is 3. The molecule has 6 heteroatoms. The number of benzene rings is 2. The SMILES string of the molecule is Cc1ccccc1CCNC(=O)[C@H](Cc1c[nH]c2ccccc12)NC(=O)c1cccs1. The van der Waals surface area contributed by atoms with Gasteiger partial charge in [-0.25, -0.2) is 0 Å². The maximum Gasteiger partial charge on any atom is 0.262 e. The molecular weight excluding hydrogens is 406 g/mol. The highest BCUT2D eigenvalue weighted by Gasteiger charge is 2.23. The molecule has 0 aliphatic heterocycles. The number of hydrogen-bond acceptors (Lipinski definition) is 3. The van der Waals surface area contributed by atoms with Crippen molar-refractivity contribution in [3.8, 4) is 0 Å². The zero-order valence-corrected chi connectivity index (χ0v) is 18.2. The summed E-state index contributed by atoms with van der Waals surface area (Å²) in [5.41, 5.74) is 4.43. The van der Waals surface area contributed by atoms with Crippen molar-refractivity contribution >= 4 is 34.1 Å². The average Bonchev–Trinajstić information content (AvgIpc) is 3.45. The topological polar surface area (TPSA) is 74.0 Å². The van der Waals surface area contributed by atoms with Crippen molar-refractivity contribution in [1.82, 2.24) is 15.6 Å². The Morgan fingerprint density at radius 1 is 1.00 bits per heavy atom. The minimum absolute atomic E-state index is 0.177. The average molecular weight is 432 g/mol. The van der Waals surface area contributed by atoms with Crippen molar-refractivity contribution in [2.45, 2.75) is 25.8 Å². The molecule has 5 nitrogen and oxygen atoms in total. The van der Waals surface area contributed by atoms with E-state index >= 15 is 0 Å². The summed E-state index contributed by atoms with van der Waals surface area (Å²) in [6.45, 7) is 2.58. The van der Waals surface area contributed by atoms with Gasteiger partial charge in [-0.05, 0) is 47.5 Å². The Kier molecular flexibility index (Phi) is 6.48. The number of aromatic amines is 1. The Balaban J connectivity index is 1.47. The lowest BCUT2D eigenvalue weighted by Crippen LogP contribution is -2.48.